The number of aryl methyl sites for hydroxylation is 2. The minimum Gasteiger partial charge on any atom is -0.327 e. The summed E-state index contributed by atoms with van der Waals surface area (Å²) in [7, 11) is 0. The number of carbonyl (C=O) groups is 2. The Morgan fingerprint density at radius 2 is 1.85 bits per heavy atom. The molecule has 0 spiro atoms. The number of carbonyl (C=O) groups excluding carboxylic acids is 2. The SMILES string of the molecule is CC1=C(C(=O)Nc2ccc(C)c(C)c2)[C@H](c2cccc(Cl)c2)NC(=O)N1. The van der Waals surface area contributed by atoms with Crippen LogP contribution in [0.2, 0.25) is 5.02 Å². The van der Waals surface area contributed by atoms with Crippen molar-refractivity contribution >= 4 is 29.2 Å². The lowest BCUT2D eigenvalue weighted by Crippen LogP contribution is -2.45. The number of hydrogen-bond acceptors (Lipinski definition) is 2. The molecule has 0 aromatic heterocycles. The fourth-order valence-corrected chi connectivity index (χ4v) is 3.15. The van der Waals surface area contributed by atoms with E-state index in [1.165, 1.54) is 0 Å². The molecule has 1 aliphatic heterocycles. The van der Waals surface area contributed by atoms with Crippen LogP contribution in [0, 0.1) is 13.8 Å². The molecule has 1 heterocycles. The molecule has 134 valence electrons. The van der Waals surface area contributed by atoms with E-state index < -0.39 is 6.04 Å². The number of nitrogens with one attached hydrogen (secondary N) is 3. The van der Waals surface area contributed by atoms with E-state index >= 15 is 0 Å². The van der Waals surface area contributed by atoms with Gasteiger partial charge in [0.05, 0.1) is 11.6 Å². The monoisotopic (exact) mass is 369 g/mol. The zero-order valence-electron chi connectivity index (χ0n) is 14.8. The van der Waals surface area contributed by atoms with E-state index in [9.17, 15) is 9.59 Å². The van der Waals surface area contributed by atoms with Crippen molar-refractivity contribution in [3.63, 3.8) is 0 Å². The smallest absolute Gasteiger partial charge is 0.319 e. The van der Waals surface area contributed by atoms with Crippen LogP contribution in [-0.2, 0) is 4.79 Å². The predicted molar refractivity (Wildman–Crippen MR) is 103 cm³/mol. The van der Waals surface area contributed by atoms with Crippen LogP contribution in [0.3, 0.4) is 0 Å². The van der Waals surface area contributed by atoms with Crippen molar-refractivity contribution in [1.29, 1.82) is 0 Å². The molecule has 0 saturated carbocycles. The molecule has 0 unspecified atom stereocenters. The first-order valence-electron chi connectivity index (χ1n) is 8.27. The van der Waals surface area contributed by atoms with Crippen LogP contribution in [-0.4, -0.2) is 11.9 Å². The standard InChI is InChI=1S/C20H20ClN3O2/c1-11-7-8-16(9-12(11)2)23-19(25)17-13(3)22-20(26)24-18(17)14-5-4-6-15(21)10-14/h4-10,18H,1-3H3,(H,23,25)(H2,22,24,26)/t18-/m0/s1. The number of rotatable bonds is 3. The maximum atomic E-state index is 13.0. The lowest BCUT2D eigenvalue weighted by atomic mass is 9.95. The van der Waals surface area contributed by atoms with Crippen molar-refractivity contribution in [1.82, 2.24) is 10.6 Å². The highest BCUT2D eigenvalue weighted by Gasteiger charge is 2.31. The van der Waals surface area contributed by atoms with Crippen molar-refractivity contribution < 1.29 is 9.59 Å². The first-order valence-corrected chi connectivity index (χ1v) is 8.65. The summed E-state index contributed by atoms with van der Waals surface area (Å²) in [5, 5.41) is 8.93. The number of urea groups is 1. The van der Waals surface area contributed by atoms with E-state index in [2.05, 4.69) is 16.0 Å². The van der Waals surface area contributed by atoms with Gasteiger partial charge in [-0.2, -0.15) is 0 Å². The Morgan fingerprint density at radius 3 is 2.54 bits per heavy atom. The number of halogens is 1. The van der Waals surface area contributed by atoms with Crippen molar-refractivity contribution in [2.24, 2.45) is 0 Å². The fourth-order valence-electron chi connectivity index (χ4n) is 2.95. The molecule has 5 nitrogen and oxygen atoms in total. The average molecular weight is 370 g/mol. The molecular weight excluding hydrogens is 350 g/mol. The summed E-state index contributed by atoms with van der Waals surface area (Å²) in [6, 6.07) is 11.9. The van der Waals surface area contributed by atoms with Gasteiger partial charge in [0.2, 0.25) is 0 Å². The van der Waals surface area contributed by atoms with Gasteiger partial charge in [-0.25, -0.2) is 4.79 Å². The third-order valence-electron chi connectivity index (χ3n) is 4.46. The van der Waals surface area contributed by atoms with E-state index in [0.29, 0.717) is 22.0 Å². The highest BCUT2D eigenvalue weighted by Crippen LogP contribution is 2.29. The minimum absolute atomic E-state index is 0.275. The van der Waals surface area contributed by atoms with Crippen LogP contribution in [0.5, 0.6) is 0 Å². The van der Waals surface area contributed by atoms with E-state index in [1.807, 2.05) is 38.1 Å². The second-order valence-corrected chi connectivity index (χ2v) is 6.81. The molecule has 3 N–H and O–H groups in total. The maximum Gasteiger partial charge on any atom is 0.319 e. The quantitative estimate of drug-likeness (QED) is 0.757. The lowest BCUT2D eigenvalue weighted by molar-refractivity contribution is -0.113. The van der Waals surface area contributed by atoms with Crippen LogP contribution in [0.25, 0.3) is 0 Å². The van der Waals surface area contributed by atoms with E-state index in [4.69, 9.17) is 11.6 Å². The Kier molecular flexibility index (Phi) is 5.00. The van der Waals surface area contributed by atoms with Gasteiger partial charge in [0.25, 0.3) is 5.91 Å². The van der Waals surface area contributed by atoms with Gasteiger partial charge < -0.3 is 16.0 Å². The van der Waals surface area contributed by atoms with Crippen molar-refractivity contribution in [2.75, 3.05) is 5.32 Å². The lowest BCUT2D eigenvalue weighted by Gasteiger charge is -2.28. The second-order valence-electron chi connectivity index (χ2n) is 6.38. The van der Waals surface area contributed by atoms with Crippen molar-refractivity contribution in [3.05, 3.63) is 75.4 Å². The van der Waals surface area contributed by atoms with Crippen molar-refractivity contribution in [3.8, 4) is 0 Å². The molecule has 3 rings (SSSR count). The van der Waals surface area contributed by atoms with Crippen LogP contribution in [0.15, 0.2) is 53.7 Å². The molecular formula is C20H20ClN3O2. The summed E-state index contributed by atoms with van der Waals surface area (Å²) in [6.07, 6.45) is 0. The van der Waals surface area contributed by atoms with Gasteiger partial charge in [0.15, 0.2) is 0 Å². The maximum absolute atomic E-state index is 13.0. The summed E-state index contributed by atoms with van der Waals surface area (Å²) < 4.78 is 0. The van der Waals surface area contributed by atoms with E-state index in [-0.39, 0.29) is 11.9 Å². The Labute approximate surface area is 157 Å². The second kappa shape index (κ2) is 7.22. The number of benzene rings is 2. The number of hydrogen-bond donors (Lipinski definition) is 3. The van der Waals surface area contributed by atoms with Gasteiger partial charge >= 0.3 is 6.03 Å². The highest BCUT2D eigenvalue weighted by atomic mass is 35.5. The molecule has 0 bridgehead atoms. The predicted octanol–water partition coefficient (Wildman–Crippen LogP) is 4.22. The van der Waals surface area contributed by atoms with Crippen LogP contribution in [0.1, 0.15) is 29.7 Å². The highest BCUT2D eigenvalue weighted by molar-refractivity contribution is 6.30. The number of amides is 3. The summed E-state index contributed by atoms with van der Waals surface area (Å²) in [5.74, 6) is -0.275. The van der Waals surface area contributed by atoms with Gasteiger partial charge in [-0.1, -0.05) is 29.8 Å². The Balaban J connectivity index is 1.95. The Bertz CT molecular complexity index is 921. The van der Waals surface area contributed by atoms with Crippen molar-refractivity contribution in [2.45, 2.75) is 26.8 Å². The van der Waals surface area contributed by atoms with Gasteiger partial charge in [-0.15, -0.1) is 0 Å². The topological polar surface area (TPSA) is 70.2 Å². The normalized spacial score (nSPS) is 16.8. The zero-order chi connectivity index (χ0) is 18.8. The summed E-state index contributed by atoms with van der Waals surface area (Å²) in [4.78, 5) is 24.9. The molecule has 6 heteroatoms. The molecule has 0 fully saturated rings. The summed E-state index contributed by atoms with van der Waals surface area (Å²) in [6.45, 7) is 5.72. The van der Waals surface area contributed by atoms with Crippen LogP contribution in [0.4, 0.5) is 10.5 Å². The summed E-state index contributed by atoms with van der Waals surface area (Å²) >= 11 is 6.08. The molecule has 0 saturated heterocycles. The molecule has 1 aliphatic rings. The third-order valence-corrected chi connectivity index (χ3v) is 4.70. The van der Waals surface area contributed by atoms with Gasteiger partial charge in [0, 0.05) is 16.4 Å². The van der Waals surface area contributed by atoms with Gasteiger partial charge in [-0.3, -0.25) is 4.79 Å². The molecule has 0 aliphatic carbocycles. The molecule has 1 atom stereocenters. The average Bonchev–Trinajstić information content (AvgIpc) is 2.57. The molecule has 26 heavy (non-hydrogen) atoms. The molecule has 2 aromatic carbocycles. The molecule has 0 radical (unpaired) electrons. The fraction of sp³-hybridized carbons (Fsp3) is 0.200. The zero-order valence-corrected chi connectivity index (χ0v) is 15.6. The van der Waals surface area contributed by atoms with Gasteiger partial charge in [0.1, 0.15) is 0 Å². The van der Waals surface area contributed by atoms with Gasteiger partial charge in [-0.05, 0) is 61.7 Å². The number of anilines is 1. The first-order chi connectivity index (χ1) is 12.3. The van der Waals surface area contributed by atoms with Crippen LogP contribution >= 0.6 is 11.6 Å². The molecule has 3 amide bonds. The first kappa shape index (κ1) is 18.0. The number of allylic oxidation sites excluding steroid dienone is 1. The molecule has 2 aromatic rings. The Hall–Kier alpha value is -2.79. The Morgan fingerprint density at radius 1 is 1.08 bits per heavy atom. The van der Waals surface area contributed by atoms with E-state index in [0.717, 1.165) is 16.7 Å². The third kappa shape index (κ3) is 3.73. The largest absolute Gasteiger partial charge is 0.327 e. The minimum atomic E-state index is -0.575. The van der Waals surface area contributed by atoms with Crippen LogP contribution < -0.4 is 16.0 Å². The van der Waals surface area contributed by atoms with E-state index in [1.54, 1.807) is 25.1 Å². The summed E-state index contributed by atoms with van der Waals surface area (Å²) in [5.41, 5.74) is 4.67.